The van der Waals surface area contributed by atoms with E-state index in [1.165, 1.54) is 82.8 Å². The monoisotopic (exact) mass is 574 g/mol. The first kappa shape index (κ1) is 25.6. The first-order chi connectivity index (χ1) is 22.2. The van der Waals surface area contributed by atoms with Crippen LogP contribution in [0.1, 0.15) is 5.56 Å². The summed E-state index contributed by atoms with van der Waals surface area (Å²) in [4.78, 5) is 0. The summed E-state index contributed by atoms with van der Waals surface area (Å²) >= 11 is 0. The first-order valence-corrected chi connectivity index (χ1v) is 15.5. The van der Waals surface area contributed by atoms with Gasteiger partial charge < -0.3 is 9.13 Å². The van der Waals surface area contributed by atoms with Gasteiger partial charge in [-0.25, -0.2) is 0 Å². The molecule has 0 aliphatic rings. The van der Waals surface area contributed by atoms with Crippen molar-refractivity contribution in [2.75, 3.05) is 0 Å². The van der Waals surface area contributed by atoms with Crippen molar-refractivity contribution in [3.05, 3.63) is 169 Å². The fourth-order valence-corrected chi connectivity index (χ4v) is 6.97. The maximum atomic E-state index is 2.42. The number of hydrogen-bond donors (Lipinski definition) is 0. The zero-order valence-corrected chi connectivity index (χ0v) is 25.0. The van der Waals surface area contributed by atoms with Gasteiger partial charge >= 0.3 is 0 Å². The number of aryl methyl sites for hydroxylation is 1. The van der Waals surface area contributed by atoms with Gasteiger partial charge in [-0.2, -0.15) is 0 Å². The van der Waals surface area contributed by atoms with Gasteiger partial charge in [0.25, 0.3) is 0 Å². The molecule has 0 aliphatic heterocycles. The van der Waals surface area contributed by atoms with Crippen molar-refractivity contribution in [2.24, 2.45) is 0 Å². The second-order valence-electron chi connectivity index (χ2n) is 11.9. The highest BCUT2D eigenvalue weighted by molar-refractivity contribution is 6.19. The molecule has 0 saturated heterocycles. The van der Waals surface area contributed by atoms with Crippen LogP contribution in [-0.2, 0) is 0 Å². The molecular formula is C43H30N2. The summed E-state index contributed by atoms with van der Waals surface area (Å²) < 4.78 is 4.83. The average Bonchev–Trinajstić information content (AvgIpc) is 3.60. The first-order valence-electron chi connectivity index (χ1n) is 15.5. The number of rotatable bonds is 4. The van der Waals surface area contributed by atoms with Gasteiger partial charge in [0.2, 0.25) is 0 Å². The van der Waals surface area contributed by atoms with E-state index >= 15 is 0 Å². The molecule has 0 amide bonds. The van der Waals surface area contributed by atoms with Crippen LogP contribution in [-0.4, -0.2) is 9.13 Å². The van der Waals surface area contributed by atoms with E-state index in [-0.39, 0.29) is 0 Å². The standard InChI is InChI=1S/C43H30N2/c1-29-16-18-30(19-17-29)31-20-22-32(23-21-31)33-24-25-41-37(26-33)39-28-42-38(27-43(39)45(41)35-12-6-3-7-13-35)36-14-8-9-15-40(36)44(42)34-10-4-2-5-11-34/h2-28H,1H3. The highest BCUT2D eigenvalue weighted by Crippen LogP contribution is 2.40. The van der Waals surface area contributed by atoms with E-state index in [0.717, 1.165) is 0 Å². The molecule has 212 valence electrons. The number of fused-ring (bicyclic) bond motifs is 6. The molecule has 2 aromatic heterocycles. The van der Waals surface area contributed by atoms with Crippen molar-refractivity contribution in [3.8, 4) is 33.6 Å². The molecule has 7 aromatic carbocycles. The fraction of sp³-hybridized carbons (Fsp3) is 0.0233. The lowest BCUT2D eigenvalue weighted by Gasteiger charge is -2.09. The van der Waals surface area contributed by atoms with Crippen LogP contribution < -0.4 is 0 Å². The molecule has 0 saturated carbocycles. The third-order valence-corrected chi connectivity index (χ3v) is 9.19. The quantitative estimate of drug-likeness (QED) is 0.198. The molecule has 2 heterocycles. The Bertz CT molecular complexity index is 2500. The summed E-state index contributed by atoms with van der Waals surface area (Å²) in [6.07, 6.45) is 0. The van der Waals surface area contributed by atoms with Crippen molar-refractivity contribution in [2.45, 2.75) is 6.92 Å². The fourth-order valence-electron chi connectivity index (χ4n) is 6.97. The number of benzene rings is 7. The van der Waals surface area contributed by atoms with Crippen LogP contribution in [0.2, 0.25) is 0 Å². The van der Waals surface area contributed by atoms with Crippen LogP contribution in [0.3, 0.4) is 0 Å². The van der Waals surface area contributed by atoms with E-state index in [2.05, 4.69) is 180 Å². The van der Waals surface area contributed by atoms with Gasteiger partial charge in [0, 0.05) is 32.9 Å². The molecule has 0 aliphatic carbocycles. The van der Waals surface area contributed by atoms with E-state index in [1.807, 2.05) is 0 Å². The molecule has 45 heavy (non-hydrogen) atoms. The summed E-state index contributed by atoms with van der Waals surface area (Å²) in [5.41, 5.74) is 13.4. The molecule has 0 bridgehead atoms. The predicted octanol–water partition coefficient (Wildman–Crippen LogP) is 11.5. The van der Waals surface area contributed by atoms with E-state index in [4.69, 9.17) is 0 Å². The molecular weight excluding hydrogens is 544 g/mol. The Morgan fingerprint density at radius 1 is 0.311 bits per heavy atom. The van der Waals surface area contributed by atoms with Gasteiger partial charge in [-0.1, -0.05) is 115 Å². The van der Waals surface area contributed by atoms with Crippen molar-refractivity contribution in [3.63, 3.8) is 0 Å². The lowest BCUT2D eigenvalue weighted by molar-refractivity contribution is 1.17. The van der Waals surface area contributed by atoms with Gasteiger partial charge in [-0.15, -0.1) is 0 Å². The van der Waals surface area contributed by atoms with Crippen LogP contribution >= 0.6 is 0 Å². The molecule has 2 nitrogen and oxygen atoms in total. The molecule has 0 radical (unpaired) electrons. The molecule has 2 heteroatoms. The van der Waals surface area contributed by atoms with Gasteiger partial charge in [0.15, 0.2) is 0 Å². The molecule has 0 unspecified atom stereocenters. The van der Waals surface area contributed by atoms with E-state index in [0.29, 0.717) is 0 Å². The third kappa shape index (κ3) is 4.11. The Kier molecular flexibility index (Phi) is 5.76. The van der Waals surface area contributed by atoms with Crippen molar-refractivity contribution in [1.82, 2.24) is 9.13 Å². The summed E-state index contributed by atoms with van der Waals surface area (Å²) in [5, 5.41) is 5.02. The van der Waals surface area contributed by atoms with Crippen LogP contribution in [0, 0.1) is 6.92 Å². The highest BCUT2D eigenvalue weighted by Gasteiger charge is 2.19. The molecule has 0 N–H and O–H groups in total. The lowest BCUT2D eigenvalue weighted by atomic mass is 9.98. The molecule has 9 aromatic rings. The summed E-state index contributed by atoms with van der Waals surface area (Å²) in [7, 11) is 0. The van der Waals surface area contributed by atoms with E-state index < -0.39 is 0 Å². The predicted molar refractivity (Wildman–Crippen MR) is 191 cm³/mol. The second kappa shape index (κ2) is 10.1. The molecule has 0 fully saturated rings. The molecule has 0 atom stereocenters. The SMILES string of the molecule is Cc1ccc(-c2ccc(-c3ccc4c(c3)c3cc5c(cc3n4-c3ccccc3)c3ccccc3n5-c3ccccc3)cc2)cc1. The number of para-hydroxylation sites is 3. The summed E-state index contributed by atoms with van der Waals surface area (Å²) in [5.74, 6) is 0. The minimum absolute atomic E-state index is 1.17. The topological polar surface area (TPSA) is 9.86 Å². The summed E-state index contributed by atoms with van der Waals surface area (Å²) in [6.45, 7) is 2.13. The highest BCUT2D eigenvalue weighted by atomic mass is 15.0. The van der Waals surface area contributed by atoms with Crippen LogP contribution in [0.5, 0.6) is 0 Å². The van der Waals surface area contributed by atoms with Gasteiger partial charge in [0.1, 0.15) is 0 Å². The lowest BCUT2D eigenvalue weighted by Crippen LogP contribution is -1.94. The zero-order valence-electron chi connectivity index (χ0n) is 25.0. The zero-order chi connectivity index (χ0) is 29.9. The average molecular weight is 575 g/mol. The number of aromatic nitrogens is 2. The van der Waals surface area contributed by atoms with E-state index in [9.17, 15) is 0 Å². The Morgan fingerprint density at radius 3 is 1.33 bits per heavy atom. The van der Waals surface area contributed by atoms with Crippen LogP contribution in [0.25, 0.3) is 77.2 Å². The van der Waals surface area contributed by atoms with Crippen molar-refractivity contribution in [1.29, 1.82) is 0 Å². The Morgan fingerprint density at radius 2 is 0.733 bits per heavy atom. The Balaban J connectivity index is 1.31. The Hall–Kier alpha value is -5.86. The third-order valence-electron chi connectivity index (χ3n) is 9.19. The largest absolute Gasteiger partial charge is 0.309 e. The summed E-state index contributed by atoms with van der Waals surface area (Å²) in [6, 6.07) is 59.6. The normalized spacial score (nSPS) is 11.7. The van der Waals surface area contributed by atoms with Gasteiger partial charge in [0.05, 0.1) is 22.1 Å². The minimum atomic E-state index is 1.17. The van der Waals surface area contributed by atoms with Gasteiger partial charge in [-0.3, -0.25) is 0 Å². The van der Waals surface area contributed by atoms with Crippen LogP contribution in [0.15, 0.2) is 164 Å². The number of nitrogens with zero attached hydrogens (tertiary/aromatic N) is 2. The van der Waals surface area contributed by atoms with Crippen LogP contribution in [0.4, 0.5) is 0 Å². The smallest absolute Gasteiger partial charge is 0.0548 e. The molecule has 0 spiro atoms. The molecule has 9 rings (SSSR count). The van der Waals surface area contributed by atoms with Gasteiger partial charge in [-0.05, 0) is 83.8 Å². The van der Waals surface area contributed by atoms with Crippen molar-refractivity contribution < 1.29 is 0 Å². The van der Waals surface area contributed by atoms with Crippen molar-refractivity contribution >= 4 is 43.6 Å². The van der Waals surface area contributed by atoms with E-state index in [1.54, 1.807) is 0 Å². The second-order valence-corrected chi connectivity index (χ2v) is 11.9. The maximum absolute atomic E-state index is 2.42. The Labute approximate surface area is 262 Å². The maximum Gasteiger partial charge on any atom is 0.0548 e. The number of hydrogen-bond acceptors (Lipinski definition) is 0. The minimum Gasteiger partial charge on any atom is -0.309 e.